The van der Waals surface area contributed by atoms with Crippen molar-refractivity contribution in [1.29, 1.82) is 0 Å². The van der Waals surface area contributed by atoms with E-state index in [1.807, 2.05) is 25.1 Å². The highest BCUT2D eigenvalue weighted by molar-refractivity contribution is 6.05. The van der Waals surface area contributed by atoms with Crippen molar-refractivity contribution < 1.29 is 9.59 Å². The molecule has 0 atom stereocenters. The average molecular weight is 366 g/mol. The van der Waals surface area contributed by atoms with E-state index in [9.17, 15) is 9.59 Å². The number of carbonyl (C=O) groups excluding carboxylic acids is 2. The molecule has 1 aromatic carbocycles. The molecule has 6 heteroatoms. The lowest BCUT2D eigenvalue weighted by molar-refractivity contribution is -0.118. The minimum absolute atomic E-state index is 0.160. The summed E-state index contributed by atoms with van der Waals surface area (Å²) in [5.41, 5.74) is 4.48. The summed E-state index contributed by atoms with van der Waals surface area (Å²) in [6.07, 6.45) is 4.24. The molecule has 1 aliphatic rings. The van der Waals surface area contributed by atoms with Gasteiger partial charge in [-0.25, -0.2) is 0 Å². The van der Waals surface area contributed by atoms with Gasteiger partial charge in [-0.2, -0.15) is 0 Å². The number of aryl methyl sites for hydroxylation is 1. The third-order valence-electron chi connectivity index (χ3n) is 4.98. The van der Waals surface area contributed by atoms with E-state index < -0.39 is 0 Å². The molecular weight excluding hydrogens is 340 g/mol. The second-order valence-electron chi connectivity index (χ2n) is 7.21. The topological polar surface area (TPSA) is 65.5 Å². The molecule has 0 radical (unpaired) electrons. The van der Waals surface area contributed by atoms with Crippen LogP contribution in [0.25, 0.3) is 0 Å². The largest absolute Gasteiger partial charge is 0.367 e. The van der Waals surface area contributed by atoms with Crippen LogP contribution in [0.4, 0.5) is 11.4 Å². The normalized spacial score (nSPS) is 14.4. The van der Waals surface area contributed by atoms with Crippen LogP contribution in [0.2, 0.25) is 0 Å². The Kier molecular flexibility index (Phi) is 5.74. The number of piperazine rings is 1. The fourth-order valence-electron chi connectivity index (χ4n) is 3.34. The maximum absolute atomic E-state index is 12.9. The fourth-order valence-corrected chi connectivity index (χ4v) is 3.34. The Morgan fingerprint density at radius 1 is 1.19 bits per heavy atom. The van der Waals surface area contributed by atoms with Crippen LogP contribution in [0.3, 0.4) is 0 Å². The van der Waals surface area contributed by atoms with Gasteiger partial charge in [-0.1, -0.05) is 32.0 Å². The number of pyridine rings is 1. The van der Waals surface area contributed by atoms with Crippen molar-refractivity contribution in [3.63, 3.8) is 0 Å². The maximum Gasteiger partial charge on any atom is 0.257 e. The zero-order chi connectivity index (χ0) is 19.4. The van der Waals surface area contributed by atoms with Crippen molar-refractivity contribution in [1.82, 2.24) is 9.88 Å². The van der Waals surface area contributed by atoms with Crippen LogP contribution in [0.5, 0.6) is 0 Å². The number of anilines is 2. The van der Waals surface area contributed by atoms with Gasteiger partial charge in [0.05, 0.1) is 17.4 Å². The van der Waals surface area contributed by atoms with Crippen LogP contribution in [0, 0.1) is 6.92 Å². The minimum atomic E-state index is -0.160. The van der Waals surface area contributed by atoms with E-state index in [-0.39, 0.29) is 5.91 Å². The molecule has 0 spiro atoms. The molecule has 2 aromatic rings. The summed E-state index contributed by atoms with van der Waals surface area (Å²) < 4.78 is 0. The molecule has 0 aliphatic carbocycles. The van der Waals surface area contributed by atoms with Gasteiger partial charge >= 0.3 is 0 Å². The first-order valence-electron chi connectivity index (χ1n) is 9.30. The zero-order valence-corrected chi connectivity index (χ0v) is 16.1. The van der Waals surface area contributed by atoms with Crippen LogP contribution in [0.1, 0.15) is 41.3 Å². The highest BCUT2D eigenvalue weighted by Crippen LogP contribution is 2.28. The van der Waals surface area contributed by atoms with Crippen LogP contribution in [-0.2, 0) is 4.79 Å². The van der Waals surface area contributed by atoms with Crippen LogP contribution in [0.15, 0.2) is 36.7 Å². The maximum atomic E-state index is 12.9. The van der Waals surface area contributed by atoms with Gasteiger partial charge in [-0.05, 0) is 30.0 Å². The molecule has 1 N–H and O–H groups in total. The van der Waals surface area contributed by atoms with Crippen LogP contribution >= 0.6 is 0 Å². The van der Waals surface area contributed by atoms with Crippen molar-refractivity contribution in [3.05, 3.63) is 53.3 Å². The Hall–Kier alpha value is -2.89. The van der Waals surface area contributed by atoms with Crippen LogP contribution < -0.4 is 10.2 Å². The molecule has 3 rings (SSSR count). The number of rotatable bonds is 5. The second kappa shape index (κ2) is 8.20. The van der Waals surface area contributed by atoms with Crippen molar-refractivity contribution in [3.8, 4) is 0 Å². The van der Waals surface area contributed by atoms with Crippen LogP contribution in [-0.4, -0.2) is 48.4 Å². The summed E-state index contributed by atoms with van der Waals surface area (Å²) in [7, 11) is 0. The highest BCUT2D eigenvalue weighted by Gasteiger charge is 2.18. The predicted molar refractivity (Wildman–Crippen MR) is 107 cm³/mol. The summed E-state index contributed by atoms with van der Waals surface area (Å²) >= 11 is 0. The Bertz CT molecular complexity index is 827. The van der Waals surface area contributed by atoms with E-state index in [2.05, 4.69) is 35.1 Å². The quantitative estimate of drug-likeness (QED) is 0.826. The third-order valence-corrected chi connectivity index (χ3v) is 4.98. The molecule has 1 aliphatic heterocycles. The molecule has 6 nitrogen and oxygen atoms in total. The third kappa shape index (κ3) is 4.27. The predicted octanol–water partition coefficient (Wildman–Crippen LogP) is 3.04. The molecule has 1 saturated heterocycles. The van der Waals surface area contributed by atoms with E-state index >= 15 is 0 Å². The van der Waals surface area contributed by atoms with Crippen molar-refractivity contribution in [2.45, 2.75) is 26.7 Å². The summed E-state index contributed by atoms with van der Waals surface area (Å²) in [6, 6.07) is 7.94. The second-order valence-corrected chi connectivity index (χ2v) is 7.21. The highest BCUT2D eigenvalue weighted by atomic mass is 16.1. The number of para-hydroxylation sites is 1. The number of hydrogen-bond acceptors (Lipinski definition) is 4. The lowest BCUT2D eigenvalue weighted by Crippen LogP contribution is -2.45. The van der Waals surface area contributed by atoms with Gasteiger partial charge in [-0.3, -0.25) is 14.6 Å². The minimum Gasteiger partial charge on any atom is -0.367 e. The average Bonchev–Trinajstić information content (AvgIpc) is 2.69. The zero-order valence-electron chi connectivity index (χ0n) is 16.1. The molecule has 0 unspecified atom stereocenters. The molecule has 0 bridgehead atoms. The number of aromatic nitrogens is 1. The molecule has 1 fully saturated rings. The van der Waals surface area contributed by atoms with Crippen molar-refractivity contribution >= 4 is 23.7 Å². The molecule has 27 heavy (non-hydrogen) atoms. The molecule has 1 aromatic heterocycles. The molecule has 2 amide bonds. The van der Waals surface area contributed by atoms with Gasteiger partial charge in [0, 0.05) is 38.1 Å². The van der Waals surface area contributed by atoms with E-state index in [0.717, 1.165) is 42.0 Å². The van der Waals surface area contributed by atoms with Gasteiger partial charge in [-0.15, -0.1) is 0 Å². The smallest absolute Gasteiger partial charge is 0.257 e. The summed E-state index contributed by atoms with van der Waals surface area (Å²) in [4.78, 5) is 31.9. The van der Waals surface area contributed by atoms with E-state index in [0.29, 0.717) is 24.6 Å². The Balaban J connectivity index is 1.78. The van der Waals surface area contributed by atoms with Crippen molar-refractivity contribution in [2.24, 2.45) is 0 Å². The first-order valence-corrected chi connectivity index (χ1v) is 9.30. The SMILES string of the molecule is Cc1cccc(C(C)C)c1NC(=O)c1cncc(N2CCN(C=O)CC2)c1. The Morgan fingerprint density at radius 2 is 1.93 bits per heavy atom. The summed E-state index contributed by atoms with van der Waals surface area (Å²) in [5, 5.41) is 3.07. The first-order chi connectivity index (χ1) is 13.0. The number of hydrogen-bond donors (Lipinski definition) is 1. The summed E-state index contributed by atoms with van der Waals surface area (Å²) in [5.74, 6) is 0.158. The van der Waals surface area contributed by atoms with Gasteiger partial charge < -0.3 is 15.1 Å². The molecule has 2 heterocycles. The van der Waals surface area contributed by atoms with Gasteiger partial charge in [0.25, 0.3) is 5.91 Å². The number of benzene rings is 1. The molecular formula is C21H26N4O2. The molecule has 142 valence electrons. The Morgan fingerprint density at radius 3 is 2.59 bits per heavy atom. The van der Waals surface area contributed by atoms with Crippen molar-refractivity contribution in [2.75, 3.05) is 36.4 Å². The van der Waals surface area contributed by atoms with E-state index in [4.69, 9.17) is 0 Å². The number of nitrogens with zero attached hydrogens (tertiary/aromatic N) is 3. The number of nitrogens with one attached hydrogen (secondary N) is 1. The fraction of sp³-hybridized carbons (Fsp3) is 0.381. The first kappa shape index (κ1) is 18.9. The lowest BCUT2D eigenvalue weighted by Gasteiger charge is -2.34. The Labute approximate surface area is 160 Å². The van der Waals surface area contributed by atoms with E-state index in [1.54, 1.807) is 17.3 Å². The lowest BCUT2D eigenvalue weighted by atomic mass is 9.98. The van der Waals surface area contributed by atoms with Gasteiger partial charge in [0.2, 0.25) is 6.41 Å². The summed E-state index contributed by atoms with van der Waals surface area (Å²) in [6.45, 7) is 9.07. The van der Waals surface area contributed by atoms with Gasteiger partial charge in [0.1, 0.15) is 0 Å². The number of amides is 2. The monoisotopic (exact) mass is 366 g/mol. The molecule has 0 saturated carbocycles. The standard InChI is InChI=1S/C21H26N4O2/c1-15(2)19-6-4-5-16(3)20(19)23-21(27)17-11-18(13-22-12-17)25-9-7-24(14-26)8-10-25/h4-6,11-15H,7-10H2,1-3H3,(H,23,27). The number of carbonyl (C=O) groups is 2. The van der Waals surface area contributed by atoms with Gasteiger partial charge in [0.15, 0.2) is 0 Å². The van der Waals surface area contributed by atoms with E-state index in [1.165, 1.54) is 0 Å².